The Labute approximate surface area is 158 Å². The number of hydrogen-bond acceptors (Lipinski definition) is 7. The molecule has 0 unspecified atom stereocenters. The van der Waals surface area contributed by atoms with Gasteiger partial charge in [-0.3, -0.25) is 0 Å². The Kier molecular flexibility index (Phi) is 6.40. The van der Waals surface area contributed by atoms with Crippen molar-refractivity contribution in [2.75, 3.05) is 31.4 Å². The van der Waals surface area contributed by atoms with E-state index in [4.69, 9.17) is 9.47 Å². The molecule has 0 aliphatic carbocycles. The van der Waals surface area contributed by atoms with Crippen molar-refractivity contribution in [1.29, 1.82) is 0 Å². The molecule has 0 fully saturated rings. The minimum atomic E-state index is 0.412. The highest BCUT2D eigenvalue weighted by atomic mass is 16.5. The SMILES string of the molecule is COc1ccc(Nc2nncc(NCCCc3ccccc3)n2)cc1OC. The van der Waals surface area contributed by atoms with Crippen LogP contribution in [0, 0.1) is 0 Å². The lowest BCUT2D eigenvalue weighted by Crippen LogP contribution is -2.07. The van der Waals surface area contributed by atoms with E-state index in [1.807, 2.05) is 24.3 Å². The lowest BCUT2D eigenvalue weighted by atomic mass is 10.1. The summed E-state index contributed by atoms with van der Waals surface area (Å²) in [5.74, 6) is 2.39. The lowest BCUT2D eigenvalue weighted by molar-refractivity contribution is 0.355. The van der Waals surface area contributed by atoms with Gasteiger partial charge in [0.2, 0.25) is 5.95 Å². The van der Waals surface area contributed by atoms with Gasteiger partial charge in [0.25, 0.3) is 0 Å². The van der Waals surface area contributed by atoms with E-state index in [0.717, 1.165) is 25.1 Å². The predicted octanol–water partition coefficient (Wildman–Crippen LogP) is 3.68. The molecule has 0 aliphatic heterocycles. The topological polar surface area (TPSA) is 81.2 Å². The molecule has 0 bridgehead atoms. The van der Waals surface area contributed by atoms with Crippen molar-refractivity contribution in [3.05, 3.63) is 60.3 Å². The zero-order chi connectivity index (χ0) is 18.9. The number of hydrogen-bond donors (Lipinski definition) is 2. The second-order valence-electron chi connectivity index (χ2n) is 5.88. The largest absolute Gasteiger partial charge is 0.493 e. The molecule has 0 amide bonds. The van der Waals surface area contributed by atoms with E-state index in [1.165, 1.54) is 5.56 Å². The highest BCUT2D eigenvalue weighted by Crippen LogP contribution is 2.30. The van der Waals surface area contributed by atoms with Crippen LogP contribution in [0.2, 0.25) is 0 Å². The summed E-state index contributed by atoms with van der Waals surface area (Å²) in [6.45, 7) is 0.809. The second-order valence-corrected chi connectivity index (χ2v) is 5.88. The first-order valence-electron chi connectivity index (χ1n) is 8.75. The van der Waals surface area contributed by atoms with Gasteiger partial charge in [0, 0.05) is 18.3 Å². The Balaban J connectivity index is 1.55. The average Bonchev–Trinajstić information content (AvgIpc) is 2.72. The maximum atomic E-state index is 5.31. The van der Waals surface area contributed by atoms with Crippen molar-refractivity contribution < 1.29 is 9.47 Å². The molecule has 0 atom stereocenters. The van der Waals surface area contributed by atoms with Crippen molar-refractivity contribution >= 4 is 17.5 Å². The smallest absolute Gasteiger partial charge is 0.249 e. The Bertz CT molecular complexity index is 858. The lowest BCUT2D eigenvalue weighted by Gasteiger charge is -2.11. The van der Waals surface area contributed by atoms with E-state index in [-0.39, 0.29) is 0 Å². The van der Waals surface area contributed by atoms with Crippen LogP contribution < -0.4 is 20.1 Å². The molecule has 3 rings (SSSR count). The van der Waals surface area contributed by atoms with Crippen molar-refractivity contribution in [2.24, 2.45) is 0 Å². The highest BCUT2D eigenvalue weighted by molar-refractivity contribution is 5.60. The molecule has 0 saturated carbocycles. The molecule has 7 heteroatoms. The zero-order valence-electron chi connectivity index (χ0n) is 15.5. The quantitative estimate of drug-likeness (QED) is 0.560. The summed E-state index contributed by atoms with van der Waals surface area (Å²) in [4.78, 5) is 4.44. The van der Waals surface area contributed by atoms with Crippen molar-refractivity contribution in [3.8, 4) is 11.5 Å². The number of methoxy groups -OCH3 is 2. The van der Waals surface area contributed by atoms with E-state index in [2.05, 4.69) is 50.1 Å². The van der Waals surface area contributed by atoms with Gasteiger partial charge in [-0.15, -0.1) is 5.10 Å². The van der Waals surface area contributed by atoms with Crippen LogP contribution in [0.5, 0.6) is 11.5 Å². The Morgan fingerprint density at radius 2 is 1.78 bits per heavy atom. The normalized spacial score (nSPS) is 10.3. The van der Waals surface area contributed by atoms with Crippen LogP contribution in [0.3, 0.4) is 0 Å². The molecular formula is C20H23N5O2. The van der Waals surface area contributed by atoms with Gasteiger partial charge in [0.1, 0.15) is 0 Å². The number of aryl methyl sites for hydroxylation is 1. The molecule has 2 aromatic carbocycles. The van der Waals surface area contributed by atoms with E-state index in [0.29, 0.717) is 23.3 Å². The van der Waals surface area contributed by atoms with Gasteiger partial charge in [-0.2, -0.15) is 10.1 Å². The molecule has 1 aromatic heterocycles. The first-order valence-corrected chi connectivity index (χ1v) is 8.75. The van der Waals surface area contributed by atoms with Crippen LogP contribution in [0.25, 0.3) is 0 Å². The number of nitrogens with one attached hydrogen (secondary N) is 2. The zero-order valence-corrected chi connectivity index (χ0v) is 15.5. The molecule has 7 nitrogen and oxygen atoms in total. The van der Waals surface area contributed by atoms with Crippen LogP contribution in [0.15, 0.2) is 54.7 Å². The minimum absolute atomic E-state index is 0.412. The molecule has 0 spiro atoms. The van der Waals surface area contributed by atoms with Crippen LogP contribution in [-0.2, 0) is 6.42 Å². The number of aromatic nitrogens is 3. The van der Waals surface area contributed by atoms with Crippen molar-refractivity contribution in [3.63, 3.8) is 0 Å². The molecule has 3 aromatic rings. The van der Waals surface area contributed by atoms with Gasteiger partial charge in [-0.05, 0) is 30.5 Å². The van der Waals surface area contributed by atoms with Gasteiger partial charge in [-0.1, -0.05) is 30.3 Å². The summed E-state index contributed by atoms with van der Waals surface area (Å²) in [6.07, 6.45) is 3.64. The van der Waals surface area contributed by atoms with E-state index >= 15 is 0 Å². The number of nitrogens with zero attached hydrogens (tertiary/aromatic N) is 3. The fourth-order valence-electron chi connectivity index (χ4n) is 2.64. The molecule has 0 aliphatic rings. The summed E-state index contributed by atoms with van der Waals surface area (Å²) in [5.41, 5.74) is 2.12. The van der Waals surface area contributed by atoms with Gasteiger partial charge in [-0.25, -0.2) is 0 Å². The third-order valence-corrected chi connectivity index (χ3v) is 3.99. The Morgan fingerprint density at radius 1 is 0.963 bits per heavy atom. The van der Waals surface area contributed by atoms with E-state index in [9.17, 15) is 0 Å². The average molecular weight is 365 g/mol. The summed E-state index contributed by atoms with van der Waals surface area (Å²) in [6, 6.07) is 15.9. The maximum absolute atomic E-state index is 5.31. The van der Waals surface area contributed by atoms with Crippen molar-refractivity contribution in [1.82, 2.24) is 15.2 Å². The predicted molar refractivity (Wildman–Crippen MR) is 106 cm³/mol. The third kappa shape index (κ3) is 5.31. The summed E-state index contributed by atoms with van der Waals surface area (Å²) < 4.78 is 10.5. The van der Waals surface area contributed by atoms with Crippen LogP contribution in [-0.4, -0.2) is 35.9 Å². The molecule has 1 heterocycles. The third-order valence-electron chi connectivity index (χ3n) is 3.99. The molecule has 0 saturated heterocycles. The second kappa shape index (κ2) is 9.38. The van der Waals surface area contributed by atoms with Crippen molar-refractivity contribution in [2.45, 2.75) is 12.8 Å². The van der Waals surface area contributed by atoms with Crippen LogP contribution in [0.4, 0.5) is 17.5 Å². The van der Waals surface area contributed by atoms with Gasteiger partial charge in [0.05, 0.1) is 20.4 Å². The number of ether oxygens (including phenoxy) is 2. The van der Waals surface area contributed by atoms with E-state index in [1.54, 1.807) is 20.4 Å². The summed E-state index contributed by atoms with van der Waals surface area (Å²) in [5, 5.41) is 14.4. The maximum Gasteiger partial charge on any atom is 0.249 e. The van der Waals surface area contributed by atoms with Gasteiger partial charge in [0.15, 0.2) is 17.3 Å². The van der Waals surface area contributed by atoms with Gasteiger partial charge >= 0.3 is 0 Å². The van der Waals surface area contributed by atoms with Crippen LogP contribution in [0.1, 0.15) is 12.0 Å². The standard InChI is InChI=1S/C20H23N5O2/c1-26-17-11-10-16(13-18(17)27-2)23-20-24-19(14-22-25-20)21-12-6-9-15-7-4-3-5-8-15/h3-5,7-8,10-11,13-14H,6,9,12H2,1-2H3,(H2,21,23,24,25). The number of benzene rings is 2. The molecular weight excluding hydrogens is 342 g/mol. The number of rotatable bonds is 9. The van der Waals surface area contributed by atoms with E-state index < -0.39 is 0 Å². The number of anilines is 3. The Morgan fingerprint density at radius 3 is 2.56 bits per heavy atom. The Hall–Kier alpha value is -3.35. The van der Waals surface area contributed by atoms with Crippen LogP contribution >= 0.6 is 0 Å². The molecule has 2 N–H and O–H groups in total. The highest BCUT2D eigenvalue weighted by Gasteiger charge is 2.06. The summed E-state index contributed by atoms with van der Waals surface area (Å²) >= 11 is 0. The van der Waals surface area contributed by atoms with Gasteiger partial charge < -0.3 is 20.1 Å². The first-order chi connectivity index (χ1) is 13.3. The molecule has 140 valence electrons. The summed E-state index contributed by atoms with van der Waals surface area (Å²) in [7, 11) is 3.20. The minimum Gasteiger partial charge on any atom is -0.493 e. The first kappa shape index (κ1) is 18.4. The fourth-order valence-corrected chi connectivity index (χ4v) is 2.64. The fraction of sp³-hybridized carbons (Fsp3) is 0.250. The molecule has 0 radical (unpaired) electrons. The monoisotopic (exact) mass is 365 g/mol. The molecule has 27 heavy (non-hydrogen) atoms.